The second-order valence-electron chi connectivity index (χ2n) is 7.43. The Morgan fingerprint density at radius 1 is 1.19 bits per heavy atom. The summed E-state index contributed by atoms with van der Waals surface area (Å²) in [5.74, 6) is -0.366. The molecule has 1 aliphatic heterocycles. The van der Waals surface area contributed by atoms with Crippen molar-refractivity contribution in [3.05, 3.63) is 65.4 Å². The van der Waals surface area contributed by atoms with Gasteiger partial charge in [-0.2, -0.15) is 0 Å². The Labute approximate surface area is 187 Å². The summed E-state index contributed by atoms with van der Waals surface area (Å²) in [5, 5.41) is 3.25. The van der Waals surface area contributed by atoms with Crippen molar-refractivity contribution in [1.29, 1.82) is 0 Å². The maximum atomic E-state index is 13.5. The average molecular weight is 454 g/mol. The molecule has 8 heteroatoms. The zero-order valence-electron chi connectivity index (χ0n) is 16.7. The molecular weight excluding hydrogens is 433 g/mol. The molecule has 0 bridgehead atoms. The number of amides is 1. The largest absolute Gasteiger partial charge is 0.376 e. The number of ether oxygens (including phenoxy) is 1. The molecule has 5 rings (SSSR count). The Morgan fingerprint density at radius 3 is 2.90 bits per heavy atom. The van der Waals surface area contributed by atoms with E-state index in [2.05, 4.69) is 9.97 Å². The molecule has 5 nitrogen and oxygen atoms in total. The van der Waals surface area contributed by atoms with E-state index >= 15 is 0 Å². The Hall–Kier alpha value is -2.68. The lowest BCUT2D eigenvalue weighted by Crippen LogP contribution is -2.38. The molecule has 1 aliphatic rings. The van der Waals surface area contributed by atoms with Gasteiger partial charge < -0.3 is 4.74 Å². The van der Waals surface area contributed by atoms with E-state index < -0.39 is 0 Å². The van der Waals surface area contributed by atoms with Crippen LogP contribution in [0.1, 0.15) is 18.5 Å². The molecule has 0 spiro atoms. The fourth-order valence-corrected chi connectivity index (χ4v) is 5.46. The number of fused-ring (bicyclic) bond motifs is 1. The second-order valence-corrected chi connectivity index (χ2v) is 9.30. The van der Waals surface area contributed by atoms with Crippen molar-refractivity contribution in [2.45, 2.75) is 25.4 Å². The maximum absolute atomic E-state index is 13.5. The first-order valence-corrected chi connectivity index (χ1v) is 11.8. The van der Waals surface area contributed by atoms with Crippen LogP contribution in [0.5, 0.6) is 0 Å². The summed E-state index contributed by atoms with van der Waals surface area (Å²) in [6, 6.07) is 14.2. The van der Waals surface area contributed by atoms with E-state index in [1.165, 1.54) is 34.8 Å². The number of benzene rings is 2. The van der Waals surface area contributed by atoms with E-state index in [1.54, 1.807) is 11.0 Å². The van der Waals surface area contributed by atoms with Crippen molar-refractivity contribution in [3.63, 3.8) is 0 Å². The van der Waals surface area contributed by atoms with Crippen LogP contribution in [0, 0.1) is 5.82 Å². The summed E-state index contributed by atoms with van der Waals surface area (Å²) in [6.45, 7) is 1.22. The van der Waals surface area contributed by atoms with Crippen LogP contribution < -0.4 is 4.90 Å². The third kappa shape index (κ3) is 4.51. The molecule has 2 aromatic carbocycles. The fraction of sp³-hybridized carbons (Fsp3) is 0.261. The van der Waals surface area contributed by atoms with Crippen molar-refractivity contribution in [2.75, 3.05) is 18.1 Å². The van der Waals surface area contributed by atoms with Gasteiger partial charge in [0, 0.05) is 17.6 Å². The summed E-state index contributed by atoms with van der Waals surface area (Å²) < 4.78 is 20.4. The van der Waals surface area contributed by atoms with Crippen LogP contribution in [0.2, 0.25) is 0 Å². The van der Waals surface area contributed by atoms with Crippen molar-refractivity contribution < 1.29 is 13.9 Å². The standard InChI is InChI=1S/C23H20FN3O2S2/c24-16-6-3-5-15(11-16)22-25-17(14-30-22)12-21(28)27(13-18-7-4-10-29-18)23-26-19-8-1-2-9-20(19)31-23/h1-3,5-6,8-9,11,14,18H,4,7,10,12-13H2/t18-/m0/s1. The van der Waals surface area contributed by atoms with Gasteiger partial charge in [-0.1, -0.05) is 35.6 Å². The van der Waals surface area contributed by atoms with Gasteiger partial charge in [-0.25, -0.2) is 14.4 Å². The van der Waals surface area contributed by atoms with Gasteiger partial charge in [0.2, 0.25) is 5.91 Å². The number of rotatable bonds is 6. The number of anilines is 1. The highest BCUT2D eigenvalue weighted by molar-refractivity contribution is 7.22. The van der Waals surface area contributed by atoms with Gasteiger partial charge in [-0.15, -0.1) is 11.3 Å². The molecule has 158 valence electrons. The summed E-state index contributed by atoms with van der Waals surface area (Å²) in [7, 11) is 0. The second kappa shape index (κ2) is 8.82. The molecule has 31 heavy (non-hydrogen) atoms. The molecule has 2 aromatic heterocycles. The van der Waals surface area contributed by atoms with Gasteiger partial charge in [0.25, 0.3) is 0 Å². The van der Waals surface area contributed by atoms with Crippen LogP contribution >= 0.6 is 22.7 Å². The summed E-state index contributed by atoms with van der Waals surface area (Å²) in [5.41, 5.74) is 2.27. The maximum Gasteiger partial charge on any atom is 0.234 e. The lowest BCUT2D eigenvalue weighted by molar-refractivity contribution is -0.118. The van der Waals surface area contributed by atoms with E-state index in [4.69, 9.17) is 4.74 Å². The lowest BCUT2D eigenvalue weighted by Gasteiger charge is -2.22. The van der Waals surface area contributed by atoms with Crippen molar-refractivity contribution in [3.8, 4) is 10.6 Å². The summed E-state index contributed by atoms with van der Waals surface area (Å²) >= 11 is 2.92. The SMILES string of the molecule is O=C(Cc1csc(-c2cccc(F)c2)n1)N(C[C@@H]1CCCO1)c1nc2ccccc2s1. The molecule has 0 saturated carbocycles. The van der Waals surface area contributed by atoms with Gasteiger partial charge in [0.1, 0.15) is 10.8 Å². The molecule has 4 aromatic rings. The number of nitrogens with zero attached hydrogens (tertiary/aromatic N) is 3. The van der Waals surface area contributed by atoms with Gasteiger partial charge in [-0.3, -0.25) is 9.69 Å². The Balaban J connectivity index is 1.39. The third-order valence-electron chi connectivity index (χ3n) is 5.18. The van der Waals surface area contributed by atoms with E-state index in [0.717, 1.165) is 29.7 Å². The topological polar surface area (TPSA) is 55.3 Å². The molecule has 0 radical (unpaired) electrons. The normalized spacial score (nSPS) is 16.1. The molecule has 1 saturated heterocycles. The minimum atomic E-state index is -0.302. The number of para-hydroxylation sites is 1. The van der Waals surface area contributed by atoms with Crippen LogP contribution in [0.25, 0.3) is 20.8 Å². The summed E-state index contributed by atoms with van der Waals surface area (Å²) in [6.07, 6.45) is 2.13. The highest BCUT2D eigenvalue weighted by Gasteiger charge is 2.26. The van der Waals surface area contributed by atoms with Crippen LogP contribution in [-0.2, 0) is 16.0 Å². The number of carbonyl (C=O) groups excluding carboxylic acids is 1. The Kier molecular flexibility index (Phi) is 5.76. The first-order chi connectivity index (χ1) is 15.2. The zero-order valence-corrected chi connectivity index (χ0v) is 18.3. The van der Waals surface area contributed by atoms with Crippen molar-refractivity contribution in [1.82, 2.24) is 9.97 Å². The van der Waals surface area contributed by atoms with Gasteiger partial charge in [0.15, 0.2) is 5.13 Å². The Morgan fingerprint density at radius 2 is 2.10 bits per heavy atom. The molecule has 0 N–H and O–H groups in total. The van der Waals surface area contributed by atoms with E-state index in [9.17, 15) is 9.18 Å². The quantitative estimate of drug-likeness (QED) is 0.397. The smallest absolute Gasteiger partial charge is 0.234 e. The predicted molar refractivity (Wildman–Crippen MR) is 122 cm³/mol. The molecule has 1 fully saturated rings. The van der Waals surface area contributed by atoms with Gasteiger partial charge >= 0.3 is 0 Å². The number of aromatic nitrogens is 2. The van der Waals surface area contributed by atoms with Crippen LogP contribution in [0.15, 0.2) is 53.9 Å². The fourth-order valence-electron chi connectivity index (χ4n) is 3.65. The van der Waals surface area contributed by atoms with Gasteiger partial charge in [-0.05, 0) is 37.1 Å². The molecule has 1 atom stereocenters. The number of thiazole rings is 2. The van der Waals surface area contributed by atoms with Crippen molar-refractivity contribution >= 4 is 43.9 Å². The third-order valence-corrected chi connectivity index (χ3v) is 7.18. The Bertz CT molecular complexity index is 1180. The summed E-state index contributed by atoms with van der Waals surface area (Å²) in [4.78, 5) is 24.3. The van der Waals surface area contributed by atoms with E-state index in [1.807, 2.05) is 35.7 Å². The monoisotopic (exact) mass is 453 g/mol. The molecule has 0 aliphatic carbocycles. The number of halogens is 1. The molecule has 1 amide bonds. The van der Waals surface area contributed by atoms with Gasteiger partial charge in [0.05, 0.1) is 35.0 Å². The predicted octanol–water partition coefficient (Wildman–Crippen LogP) is 5.31. The average Bonchev–Trinajstić information content (AvgIpc) is 3.52. The number of hydrogen-bond donors (Lipinski definition) is 0. The highest BCUT2D eigenvalue weighted by atomic mass is 32.1. The molecule has 3 heterocycles. The van der Waals surface area contributed by atoms with Crippen molar-refractivity contribution in [2.24, 2.45) is 0 Å². The van der Waals surface area contributed by atoms with E-state index in [0.29, 0.717) is 27.9 Å². The first-order valence-electron chi connectivity index (χ1n) is 10.1. The van der Waals surface area contributed by atoms with Crippen LogP contribution in [-0.4, -0.2) is 35.1 Å². The molecule has 0 unspecified atom stereocenters. The van der Waals surface area contributed by atoms with Crippen LogP contribution in [0.3, 0.4) is 0 Å². The highest BCUT2D eigenvalue weighted by Crippen LogP contribution is 2.31. The van der Waals surface area contributed by atoms with Crippen LogP contribution in [0.4, 0.5) is 9.52 Å². The minimum Gasteiger partial charge on any atom is -0.376 e. The van der Waals surface area contributed by atoms with E-state index in [-0.39, 0.29) is 24.2 Å². The lowest BCUT2D eigenvalue weighted by atomic mass is 10.2. The molecular formula is C23H20FN3O2S2. The minimum absolute atomic E-state index is 0.0225. The number of hydrogen-bond acceptors (Lipinski definition) is 6. The first kappa shape index (κ1) is 20.2. The number of carbonyl (C=O) groups is 1. The zero-order chi connectivity index (χ0) is 21.2.